The minimum atomic E-state index is -0.552. The topological polar surface area (TPSA) is 83.6 Å². The number of aromatic nitrogens is 2. The number of rotatable bonds is 4. The SMILES string of the molecule is COc1cc(OC)c2c(C)c(CC(=O)n3ccnc3)c(=O)oc2c1. The van der Waals surface area contributed by atoms with E-state index in [0.29, 0.717) is 33.6 Å². The van der Waals surface area contributed by atoms with E-state index in [-0.39, 0.29) is 12.3 Å². The maximum absolute atomic E-state index is 12.3. The van der Waals surface area contributed by atoms with Gasteiger partial charge in [-0.1, -0.05) is 0 Å². The molecule has 0 fully saturated rings. The summed E-state index contributed by atoms with van der Waals surface area (Å²) in [6.07, 6.45) is 4.34. The van der Waals surface area contributed by atoms with Crippen molar-refractivity contribution in [2.45, 2.75) is 13.3 Å². The van der Waals surface area contributed by atoms with Gasteiger partial charge in [-0.05, 0) is 12.5 Å². The fourth-order valence-corrected chi connectivity index (χ4v) is 2.61. The Bertz CT molecular complexity index is 957. The van der Waals surface area contributed by atoms with Crippen molar-refractivity contribution in [3.05, 3.63) is 52.4 Å². The number of nitrogens with zero attached hydrogens (tertiary/aromatic N) is 2. The summed E-state index contributed by atoms with van der Waals surface area (Å²) in [4.78, 5) is 28.4. The lowest BCUT2D eigenvalue weighted by molar-refractivity contribution is 0.0912. The standard InChI is InChI=1S/C17H16N2O5/c1-10-12(8-15(20)19-5-4-18-9-19)17(21)24-14-7-11(22-2)6-13(23-3)16(10)14/h4-7,9H,8H2,1-3H3. The summed E-state index contributed by atoms with van der Waals surface area (Å²) < 4.78 is 17.3. The van der Waals surface area contributed by atoms with E-state index in [1.807, 2.05) is 0 Å². The molecule has 0 atom stereocenters. The molecule has 24 heavy (non-hydrogen) atoms. The molecule has 0 bridgehead atoms. The van der Waals surface area contributed by atoms with E-state index in [2.05, 4.69) is 4.98 Å². The zero-order valence-electron chi connectivity index (χ0n) is 13.5. The van der Waals surface area contributed by atoms with Crippen molar-refractivity contribution in [3.8, 4) is 11.5 Å². The van der Waals surface area contributed by atoms with Crippen LogP contribution < -0.4 is 15.1 Å². The lowest BCUT2D eigenvalue weighted by atomic mass is 10.0. The minimum absolute atomic E-state index is 0.0876. The second-order valence-corrected chi connectivity index (χ2v) is 5.24. The average molecular weight is 328 g/mol. The van der Waals surface area contributed by atoms with Crippen molar-refractivity contribution < 1.29 is 18.7 Å². The Labute approximate surface area is 137 Å². The maximum Gasteiger partial charge on any atom is 0.340 e. The normalized spacial score (nSPS) is 10.8. The highest BCUT2D eigenvalue weighted by Gasteiger charge is 2.19. The number of imidazole rings is 1. The van der Waals surface area contributed by atoms with Crippen LogP contribution in [0.4, 0.5) is 0 Å². The molecule has 3 aromatic rings. The third kappa shape index (κ3) is 2.64. The van der Waals surface area contributed by atoms with Crippen molar-refractivity contribution in [1.82, 2.24) is 9.55 Å². The van der Waals surface area contributed by atoms with E-state index >= 15 is 0 Å². The van der Waals surface area contributed by atoms with Gasteiger partial charge in [0, 0.05) is 24.5 Å². The van der Waals surface area contributed by atoms with Gasteiger partial charge in [0.15, 0.2) is 0 Å². The van der Waals surface area contributed by atoms with E-state index in [1.54, 1.807) is 19.1 Å². The smallest absolute Gasteiger partial charge is 0.340 e. The largest absolute Gasteiger partial charge is 0.496 e. The molecule has 0 aliphatic rings. The van der Waals surface area contributed by atoms with Crippen LogP contribution in [0.3, 0.4) is 0 Å². The summed E-state index contributed by atoms with van der Waals surface area (Å²) in [6.45, 7) is 1.77. The first kappa shape index (κ1) is 15.8. The number of ether oxygens (including phenoxy) is 2. The number of methoxy groups -OCH3 is 2. The molecule has 2 heterocycles. The van der Waals surface area contributed by atoms with Gasteiger partial charge >= 0.3 is 5.63 Å². The van der Waals surface area contributed by atoms with Gasteiger partial charge in [-0.2, -0.15) is 0 Å². The van der Waals surface area contributed by atoms with Gasteiger partial charge < -0.3 is 13.9 Å². The summed E-state index contributed by atoms with van der Waals surface area (Å²) in [6, 6.07) is 3.32. The summed E-state index contributed by atoms with van der Waals surface area (Å²) in [5, 5.41) is 0.645. The Morgan fingerprint density at radius 1 is 1.29 bits per heavy atom. The monoisotopic (exact) mass is 328 g/mol. The number of aryl methyl sites for hydroxylation is 1. The highest BCUT2D eigenvalue weighted by atomic mass is 16.5. The highest BCUT2D eigenvalue weighted by molar-refractivity contribution is 5.90. The third-order valence-electron chi connectivity index (χ3n) is 3.89. The van der Waals surface area contributed by atoms with Crippen LogP contribution in [0.2, 0.25) is 0 Å². The molecule has 0 saturated carbocycles. The predicted octanol–water partition coefficient (Wildman–Crippen LogP) is 2.20. The number of fused-ring (bicyclic) bond motifs is 1. The lowest BCUT2D eigenvalue weighted by Gasteiger charge is -2.12. The third-order valence-corrected chi connectivity index (χ3v) is 3.89. The quantitative estimate of drug-likeness (QED) is 0.683. The molecular formula is C17H16N2O5. The number of carbonyl (C=O) groups is 1. The van der Waals surface area contributed by atoms with Gasteiger partial charge in [-0.25, -0.2) is 9.78 Å². The van der Waals surface area contributed by atoms with Crippen molar-refractivity contribution in [3.63, 3.8) is 0 Å². The van der Waals surface area contributed by atoms with Crippen molar-refractivity contribution >= 4 is 16.9 Å². The molecular weight excluding hydrogens is 312 g/mol. The second-order valence-electron chi connectivity index (χ2n) is 5.24. The molecule has 7 heteroatoms. The molecule has 7 nitrogen and oxygen atoms in total. The lowest BCUT2D eigenvalue weighted by Crippen LogP contribution is -2.19. The number of hydrogen-bond acceptors (Lipinski definition) is 6. The molecule has 0 N–H and O–H groups in total. The Hall–Kier alpha value is -3.09. The molecule has 0 unspecified atom stereocenters. The molecule has 2 aromatic heterocycles. The van der Waals surface area contributed by atoms with Crippen LogP contribution >= 0.6 is 0 Å². The molecule has 1 aromatic carbocycles. The Kier molecular flexibility index (Phi) is 4.07. The van der Waals surface area contributed by atoms with Gasteiger partial charge in [0.25, 0.3) is 0 Å². The van der Waals surface area contributed by atoms with Crippen LogP contribution in [0.15, 0.2) is 40.1 Å². The average Bonchev–Trinajstić information content (AvgIpc) is 3.11. The fourth-order valence-electron chi connectivity index (χ4n) is 2.61. The van der Waals surface area contributed by atoms with Crippen LogP contribution in [0.1, 0.15) is 15.9 Å². The Balaban J connectivity index is 2.16. The molecule has 0 aliphatic heterocycles. The van der Waals surface area contributed by atoms with Gasteiger partial charge in [-0.15, -0.1) is 0 Å². The molecule has 124 valence electrons. The van der Waals surface area contributed by atoms with Crippen LogP contribution in [0.5, 0.6) is 11.5 Å². The molecule has 0 saturated heterocycles. The predicted molar refractivity (Wildman–Crippen MR) is 86.9 cm³/mol. The van der Waals surface area contributed by atoms with Crippen LogP contribution in [-0.2, 0) is 6.42 Å². The van der Waals surface area contributed by atoms with Crippen LogP contribution in [-0.4, -0.2) is 29.7 Å². The van der Waals surface area contributed by atoms with Crippen molar-refractivity contribution in [2.75, 3.05) is 14.2 Å². The molecule has 0 radical (unpaired) electrons. The van der Waals surface area contributed by atoms with Gasteiger partial charge in [-0.3, -0.25) is 9.36 Å². The first-order valence-corrected chi connectivity index (χ1v) is 7.24. The molecule has 0 amide bonds. The van der Waals surface area contributed by atoms with E-state index in [9.17, 15) is 9.59 Å². The zero-order chi connectivity index (χ0) is 17.3. The molecule has 0 aliphatic carbocycles. The van der Waals surface area contributed by atoms with Crippen LogP contribution in [0, 0.1) is 6.92 Å². The number of benzene rings is 1. The summed E-state index contributed by atoms with van der Waals surface area (Å²) in [5.41, 5.74) is 0.746. The summed E-state index contributed by atoms with van der Waals surface area (Å²) in [5.74, 6) is 0.765. The van der Waals surface area contributed by atoms with Crippen LogP contribution in [0.25, 0.3) is 11.0 Å². The first-order chi connectivity index (χ1) is 11.5. The van der Waals surface area contributed by atoms with Crippen molar-refractivity contribution in [2.24, 2.45) is 0 Å². The maximum atomic E-state index is 12.3. The first-order valence-electron chi connectivity index (χ1n) is 7.24. The number of hydrogen-bond donors (Lipinski definition) is 0. The summed E-state index contributed by atoms with van der Waals surface area (Å²) in [7, 11) is 3.04. The van der Waals surface area contributed by atoms with E-state index in [4.69, 9.17) is 13.9 Å². The van der Waals surface area contributed by atoms with E-state index in [0.717, 1.165) is 0 Å². The van der Waals surface area contributed by atoms with Gasteiger partial charge in [0.1, 0.15) is 23.4 Å². The van der Waals surface area contributed by atoms with Gasteiger partial charge in [0.2, 0.25) is 5.91 Å². The zero-order valence-corrected chi connectivity index (χ0v) is 13.5. The van der Waals surface area contributed by atoms with Gasteiger partial charge in [0.05, 0.1) is 31.6 Å². The molecule has 3 rings (SSSR count). The Morgan fingerprint density at radius 3 is 2.71 bits per heavy atom. The van der Waals surface area contributed by atoms with E-state index in [1.165, 1.54) is 37.5 Å². The minimum Gasteiger partial charge on any atom is -0.496 e. The second kappa shape index (κ2) is 6.19. The van der Waals surface area contributed by atoms with E-state index < -0.39 is 5.63 Å². The van der Waals surface area contributed by atoms with Crippen molar-refractivity contribution in [1.29, 1.82) is 0 Å². The highest BCUT2D eigenvalue weighted by Crippen LogP contribution is 2.33. The summed E-state index contributed by atoms with van der Waals surface area (Å²) >= 11 is 0. The number of carbonyl (C=O) groups excluding carboxylic acids is 1. The Morgan fingerprint density at radius 2 is 2.08 bits per heavy atom. The molecule has 0 spiro atoms. The fraction of sp³-hybridized carbons (Fsp3) is 0.235.